The van der Waals surface area contributed by atoms with Gasteiger partial charge < -0.3 is 33.8 Å². The Morgan fingerprint density at radius 2 is 0.593 bits per heavy atom. The van der Waals surface area contributed by atoms with Crippen LogP contribution < -0.4 is 0 Å². The van der Waals surface area contributed by atoms with E-state index in [-0.39, 0.29) is 25.7 Å². The van der Waals surface area contributed by atoms with Crippen LogP contribution in [0.15, 0.2) is 0 Å². The summed E-state index contributed by atoms with van der Waals surface area (Å²) in [6, 6.07) is 0. The number of carbonyl (C=O) groups excluding carboxylic acids is 4. The Balaban J connectivity index is 5.25. The Kier molecular flexibility index (Phi) is 51.1. The summed E-state index contributed by atoms with van der Waals surface area (Å²) in [7, 11) is -9.88. The van der Waals surface area contributed by atoms with E-state index in [4.69, 9.17) is 37.0 Å². The molecule has 19 heteroatoms. The monoisotopic (exact) mass is 1200 g/mol. The summed E-state index contributed by atoms with van der Waals surface area (Å²) in [5.41, 5.74) is 0. The third-order valence-electron chi connectivity index (χ3n) is 14.4. The van der Waals surface area contributed by atoms with Crippen molar-refractivity contribution in [2.24, 2.45) is 23.7 Å². The lowest BCUT2D eigenvalue weighted by Gasteiger charge is -2.21. The lowest BCUT2D eigenvalue weighted by atomic mass is 9.99. The van der Waals surface area contributed by atoms with Crippen molar-refractivity contribution in [1.82, 2.24) is 0 Å². The SMILES string of the molecule is CCC(C)CCCCCCCCCCC(=O)O[C@H](COC(=O)CCCCCCCCC(C)C)COP(=O)(O)OC[C@H](O)COP(=O)(O)OC[C@@H](COC(=O)CCCCCCCCCC(C)C)OC(=O)CCCCCCCCCC(C)C. The van der Waals surface area contributed by atoms with Crippen molar-refractivity contribution in [3.63, 3.8) is 0 Å². The fourth-order valence-corrected chi connectivity index (χ4v) is 10.6. The van der Waals surface area contributed by atoms with Gasteiger partial charge in [0.05, 0.1) is 26.4 Å². The van der Waals surface area contributed by atoms with Gasteiger partial charge in [-0.15, -0.1) is 0 Å². The van der Waals surface area contributed by atoms with E-state index in [2.05, 4.69) is 55.4 Å². The molecule has 0 aromatic carbocycles. The van der Waals surface area contributed by atoms with Gasteiger partial charge in [-0.25, -0.2) is 9.13 Å². The summed E-state index contributed by atoms with van der Waals surface area (Å²) in [4.78, 5) is 72.1. The number of rotatable bonds is 59. The molecule has 81 heavy (non-hydrogen) atoms. The van der Waals surface area contributed by atoms with Crippen LogP contribution in [0.2, 0.25) is 0 Å². The molecule has 480 valence electrons. The Hall–Kier alpha value is -1.94. The molecule has 0 aromatic heterocycles. The molecule has 6 atom stereocenters. The van der Waals surface area contributed by atoms with E-state index in [1.807, 2.05) is 0 Å². The van der Waals surface area contributed by atoms with Gasteiger partial charge in [-0.2, -0.15) is 0 Å². The molecule has 0 bridgehead atoms. The topological polar surface area (TPSA) is 237 Å². The first kappa shape index (κ1) is 79.1. The summed E-state index contributed by atoms with van der Waals surface area (Å²) in [5.74, 6) is 0.703. The maximum Gasteiger partial charge on any atom is 0.472 e. The molecule has 3 unspecified atom stereocenters. The third-order valence-corrected chi connectivity index (χ3v) is 16.3. The number of aliphatic hydroxyl groups excluding tert-OH is 1. The highest BCUT2D eigenvalue weighted by molar-refractivity contribution is 7.47. The molecule has 0 radical (unpaired) electrons. The highest BCUT2D eigenvalue weighted by Gasteiger charge is 2.30. The largest absolute Gasteiger partial charge is 0.472 e. The predicted molar refractivity (Wildman–Crippen MR) is 321 cm³/mol. The van der Waals surface area contributed by atoms with Gasteiger partial charge in [-0.05, 0) is 49.4 Å². The summed E-state index contributed by atoms with van der Waals surface area (Å²) >= 11 is 0. The van der Waals surface area contributed by atoms with Crippen LogP contribution in [0.5, 0.6) is 0 Å². The number of hydrogen-bond acceptors (Lipinski definition) is 15. The molecule has 17 nitrogen and oxygen atoms in total. The van der Waals surface area contributed by atoms with Gasteiger partial charge in [0.1, 0.15) is 19.3 Å². The molecule has 0 spiro atoms. The Morgan fingerprint density at radius 3 is 0.877 bits per heavy atom. The zero-order chi connectivity index (χ0) is 60.4. The summed E-state index contributed by atoms with van der Waals surface area (Å²) in [6.07, 6.45) is 31.0. The van der Waals surface area contributed by atoms with E-state index in [0.717, 1.165) is 109 Å². The zero-order valence-electron chi connectivity index (χ0n) is 52.4. The number of unbranched alkanes of at least 4 members (excludes halogenated alkanes) is 24. The van der Waals surface area contributed by atoms with Crippen LogP contribution in [-0.4, -0.2) is 96.7 Å². The molecule has 0 fully saturated rings. The highest BCUT2D eigenvalue weighted by atomic mass is 31.2. The van der Waals surface area contributed by atoms with Gasteiger partial charge in [0, 0.05) is 25.7 Å². The number of ether oxygens (including phenoxy) is 4. The standard InChI is InChI=1S/C62H120O17P2/c1-9-55(8)41-33-25-16-10-11-17-28-36-44-61(66)78-58(49-73-60(65)43-35-27-21-20-24-32-40-54(6)7)51-77-81(70,71)75-47-56(63)46-74-80(68,69)76-50-57(79-62(67)45-37-29-19-13-15-23-31-39-53(4)5)48-72-59(64)42-34-26-18-12-14-22-30-38-52(2)3/h52-58,63H,9-51H2,1-8H3,(H,68,69)(H,70,71)/t55?,56-,57-,58-/m1/s1. The summed E-state index contributed by atoms with van der Waals surface area (Å²) in [6.45, 7) is 13.9. The van der Waals surface area contributed by atoms with Crippen molar-refractivity contribution in [1.29, 1.82) is 0 Å². The fourth-order valence-electron chi connectivity index (χ4n) is 9.04. The first-order chi connectivity index (χ1) is 38.6. The molecule has 3 N–H and O–H groups in total. The molecule has 0 rings (SSSR count). The van der Waals surface area contributed by atoms with E-state index in [0.29, 0.717) is 43.4 Å². The maximum absolute atomic E-state index is 12.9. The molecule has 0 aromatic rings. The lowest BCUT2D eigenvalue weighted by molar-refractivity contribution is -0.161. The number of phosphoric ester groups is 2. The average molecular weight is 1200 g/mol. The fraction of sp³-hybridized carbons (Fsp3) is 0.935. The molecule has 0 heterocycles. The molecular formula is C62H120O17P2. The second-order valence-corrected chi connectivity index (χ2v) is 27.0. The van der Waals surface area contributed by atoms with Crippen molar-refractivity contribution in [2.45, 2.75) is 311 Å². The Labute approximate surface area is 492 Å². The van der Waals surface area contributed by atoms with Crippen LogP contribution >= 0.6 is 15.6 Å². The zero-order valence-corrected chi connectivity index (χ0v) is 54.2. The molecule has 0 aliphatic heterocycles. The number of hydrogen-bond donors (Lipinski definition) is 3. The van der Waals surface area contributed by atoms with Crippen molar-refractivity contribution >= 4 is 39.5 Å². The number of aliphatic hydroxyl groups is 1. The van der Waals surface area contributed by atoms with Crippen LogP contribution in [0.4, 0.5) is 0 Å². The second-order valence-electron chi connectivity index (χ2n) is 24.1. The van der Waals surface area contributed by atoms with Gasteiger partial charge >= 0.3 is 39.5 Å². The summed E-state index contributed by atoms with van der Waals surface area (Å²) in [5, 5.41) is 10.5. The molecule has 0 saturated heterocycles. The van der Waals surface area contributed by atoms with Crippen LogP contribution in [0, 0.1) is 23.7 Å². The van der Waals surface area contributed by atoms with Crippen LogP contribution in [-0.2, 0) is 65.4 Å². The van der Waals surface area contributed by atoms with Crippen molar-refractivity contribution < 1.29 is 80.2 Å². The molecule has 0 aliphatic rings. The average Bonchev–Trinajstić information content (AvgIpc) is 3.41. The maximum atomic E-state index is 12.9. The quantitative estimate of drug-likeness (QED) is 0.0222. The minimum atomic E-state index is -4.94. The van der Waals surface area contributed by atoms with Crippen molar-refractivity contribution in [3.8, 4) is 0 Å². The van der Waals surface area contributed by atoms with Gasteiger partial charge in [0.25, 0.3) is 0 Å². The van der Waals surface area contributed by atoms with E-state index in [1.54, 1.807) is 0 Å². The van der Waals surface area contributed by atoms with Crippen molar-refractivity contribution in [2.75, 3.05) is 39.6 Å². The second kappa shape index (κ2) is 52.4. The number of phosphoric acid groups is 2. The first-order valence-electron chi connectivity index (χ1n) is 32.2. The third kappa shape index (κ3) is 55.7. The number of esters is 4. The minimum Gasteiger partial charge on any atom is -0.462 e. The van der Waals surface area contributed by atoms with Crippen LogP contribution in [0.1, 0.15) is 293 Å². The van der Waals surface area contributed by atoms with E-state index >= 15 is 0 Å². The van der Waals surface area contributed by atoms with E-state index < -0.39 is 97.5 Å². The van der Waals surface area contributed by atoms with Gasteiger partial charge in [0.2, 0.25) is 0 Å². The Morgan fingerprint density at radius 1 is 0.346 bits per heavy atom. The predicted octanol–water partition coefficient (Wildman–Crippen LogP) is 16.6. The molecular weight excluding hydrogens is 1080 g/mol. The summed E-state index contributed by atoms with van der Waals surface area (Å²) < 4.78 is 67.9. The highest BCUT2D eigenvalue weighted by Crippen LogP contribution is 2.45. The van der Waals surface area contributed by atoms with Crippen LogP contribution in [0.3, 0.4) is 0 Å². The molecule has 0 amide bonds. The van der Waals surface area contributed by atoms with Gasteiger partial charge in [-0.1, -0.05) is 242 Å². The first-order valence-corrected chi connectivity index (χ1v) is 35.2. The van der Waals surface area contributed by atoms with Crippen molar-refractivity contribution in [3.05, 3.63) is 0 Å². The number of carbonyl (C=O) groups is 4. The van der Waals surface area contributed by atoms with E-state index in [1.165, 1.54) is 83.5 Å². The van der Waals surface area contributed by atoms with E-state index in [9.17, 15) is 43.2 Å². The smallest absolute Gasteiger partial charge is 0.462 e. The van der Waals surface area contributed by atoms with Crippen LogP contribution in [0.25, 0.3) is 0 Å². The molecule has 0 aliphatic carbocycles. The normalized spacial score (nSPS) is 14.8. The van der Waals surface area contributed by atoms with Gasteiger partial charge in [-0.3, -0.25) is 37.3 Å². The minimum absolute atomic E-state index is 0.102. The Bertz CT molecular complexity index is 1630. The molecule has 0 saturated carbocycles. The van der Waals surface area contributed by atoms with Gasteiger partial charge in [0.15, 0.2) is 12.2 Å². The lowest BCUT2D eigenvalue weighted by Crippen LogP contribution is -2.30.